The number of β-amino-alcohol motifs (C(OH)–C–C–N with tert-alkyl or cyclic N) is 1. The highest BCUT2D eigenvalue weighted by Crippen LogP contribution is 2.23. The molecule has 3 heterocycles. The van der Waals surface area contributed by atoms with Crippen LogP contribution in [0.2, 0.25) is 0 Å². The van der Waals surface area contributed by atoms with Crippen LogP contribution in [0.4, 0.5) is 0 Å². The largest absolute Gasteiger partial charge is 0.391 e. The van der Waals surface area contributed by atoms with E-state index in [0.29, 0.717) is 25.2 Å². The summed E-state index contributed by atoms with van der Waals surface area (Å²) >= 11 is 1.45. The lowest BCUT2D eigenvalue weighted by Crippen LogP contribution is -2.29. The van der Waals surface area contributed by atoms with Gasteiger partial charge in [-0.2, -0.15) is 0 Å². The lowest BCUT2D eigenvalue weighted by Gasteiger charge is -2.14. The Bertz CT molecular complexity index is 651. The molecule has 3 rings (SSSR count). The van der Waals surface area contributed by atoms with Gasteiger partial charge in [-0.3, -0.25) is 4.79 Å². The summed E-state index contributed by atoms with van der Waals surface area (Å²) in [7, 11) is 0. The lowest BCUT2D eigenvalue weighted by molar-refractivity contribution is 0.0759. The molecular weight excluding hydrogens is 290 g/mol. The van der Waals surface area contributed by atoms with Crippen molar-refractivity contribution in [3.8, 4) is 0 Å². The minimum atomic E-state index is -0.543. The third-order valence-corrected chi connectivity index (χ3v) is 4.45. The minimum Gasteiger partial charge on any atom is -0.391 e. The summed E-state index contributed by atoms with van der Waals surface area (Å²) in [6.07, 6.45) is 0.0427. The van der Waals surface area contributed by atoms with Gasteiger partial charge in [-0.15, -0.1) is 11.3 Å². The highest BCUT2D eigenvalue weighted by molar-refractivity contribution is 7.09. The number of hydrogen-bond acceptors (Lipinski definition) is 6. The zero-order chi connectivity index (χ0) is 15.0. The second kappa shape index (κ2) is 5.57. The number of carbonyl (C=O) groups is 1. The molecule has 0 unspecified atom stereocenters. The Morgan fingerprint density at radius 3 is 2.95 bits per heavy atom. The standard InChI is InChI=1S/C14H17N3O3S/c1-8-3-11(20-16-8)4-10-5-17(6-13(10)18)14(19)12-7-21-9(2)15-12/h3,7,10,13,18H,4-6H2,1-2H3/t10-,13+/m1/s1. The highest BCUT2D eigenvalue weighted by atomic mass is 32.1. The Morgan fingerprint density at radius 1 is 1.52 bits per heavy atom. The maximum Gasteiger partial charge on any atom is 0.273 e. The van der Waals surface area contributed by atoms with E-state index >= 15 is 0 Å². The van der Waals surface area contributed by atoms with Gasteiger partial charge in [0, 0.05) is 36.9 Å². The monoisotopic (exact) mass is 307 g/mol. The summed E-state index contributed by atoms with van der Waals surface area (Å²) in [6, 6.07) is 1.86. The number of nitrogens with zero attached hydrogens (tertiary/aromatic N) is 3. The summed E-state index contributed by atoms with van der Waals surface area (Å²) in [4.78, 5) is 18.2. The van der Waals surface area contributed by atoms with E-state index in [-0.39, 0.29) is 11.8 Å². The van der Waals surface area contributed by atoms with Gasteiger partial charge in [0.1, 0.15) is 11.5 Å². The fourth-order valence-corrected chi connectivity index (χ4v) is 3.20. The van der Waals surface area contributed by atoms with Gasteiger partial charge in [0.2, 0.25) is 0 Å². The van der Waals surface area contributed by atoms with Crippen LogP contribution in [0.5, 0.6) is 0 Å². The third kappa shape index (κ3) is 2.98. The van der Waals surface area contributed by atoms with E-state index < -0.39 is 6.10 Å². The molecule has 1 fully saturated rings. The Morgan fingerprint density at radius 2 is 2.33 bits per heavy atom. The average Bonchev–Trinajstić information content (AvgIpc) is 3.12. The van der Waals surface area contributed by atoms with Crippen LogP contribution < -0.4 is 0 Å². The summed E-state index contributed by atoms with van der Waals surface area (Å²) in [6.45, 7) is 4.58. The van der Waals surface area contributed by atoms with Gasteiger partial charge in [-0.1, -0.05) is 5.16 Å². The molecule has 2 aromatic rings. The normalized spacial score (nSPS) is 22.0. The molecule has 2 aromatic heterocycles. The smallest absolute Gasteiger partial charge is 0.273 e. The Labute approximate surface area is 126 Å². The van der Waals surface area contributed by atoms with Crippen molar-refractivity contribution in [1.82, 2.24) is 15.0 Å². The Balaban J connectivity index is 1.66. The van der Waals surface area contributed by atoms with Gasteiger partial charge in [0.25, 0.3) is 5.91 Å². The average molecular weight is 307 g/mol. The molecule has 2 atom stereocenters. The van der Waals surface area contributed by atoms with Crippen molar-refractivity contribution in [1.29, 1.82) is 0 Å². The van der Waals surface area contributed by atoms with Crippen molar-refractivity contribution in [2.45, 2.75) is 26.4 Å². The molecule has 112 valence electrons. The summed E-state index contributed by atoms with van der Waals surface area (Å²) in [5, 5.41) is 16.6. The Hall–Kier alpha value is -1.73. The molecule has 0 aliphatic carbocycles. The summed E-state index contributed by atoms with van der Waals surface area (Å²) in [5.41, 5.74) is 1.28. The van der Waals surface area contributed by atoms with Crippen LogP contribution in [0, 0.1) is 19.8 Å². The first-order valence-corrected chi connectivity index (χ1v) is 7.72. The zero-order valence-electron chi connectivity index (χ0n) is 11.9. The molecule has 0 spiro atoms. The van der Waals surface area contributed by atoms with E-state index in [9.17, 15) is 9.90 Å². The van der Waals surface area contributed by atoms with Crippen molar-refractivity contribution in [2.24, 2.45) is 5.92 Å². The van der Waals surface area contributed by atoms with Crippen LogP contribution in [0.1, 0.15) is 27.0 Å². The number of aliphatic hydroxyl groups excluding tert-OH is 1. The number of aliphatic hydroxyl groups is 1. The first-order valence-electron chi connectivity index (χ1n) is 6.84. The van der Waals surface area contributed by atoms with E-state index in [4.69, 9.17) is 4.52 Å². The van der Waals surface area contributed by atoms with Crippen LogP contribution in [0.3, 0.4) is 0 Å². The topological polar surface area (TPSA) is 79.5 Å². The van der Waals surface area contributed by atoms with E-state index in [1.807, 2.05) is 19.9 Å². The first-order chi connectivity index (χ1) is 10.0. The van der Waals surface area contributed by atoms with Crippen molar-refractivity contribution in [3.05, 3.63) is 33.6 Å². The SMILES string of the molecule is Cc1cc(C[C@@H]2CN(C(=O)c3csc(C)n3)C[C@@H]2O)on1. The molecule has 21 heavy (non-hydrogen) atoms. The second-order valence-corrected chi connectivity index (χ2v) is 6.49. The quantitative estimate of drug-likeness (QED) is 0.928. The number of amides is 1. The molecule has 0 saturated carbocycles. The van der Waals surface area contributed by atoms with E-state index in [1.54, 1.807) is 10.3 Å². The first kappa shape index (κ1) is 14.2. The number of aromatic nitrogens is 2. The molecule has 1 aliphatic rings. The van der Waals surface area contributed by atoms with Gasteiger partial charge >= 0.3 is 0 Å². The minimum absolute atomic E-state index is 0.0268. The molecule has 6 nitrogen and oxygen atoms in total. The molecular formula is C14H17N3O3S. The molecule has 1 saturated heterocycles. The van der Waals surface area contributed by atoms with E-state index in [2.05, 4.69) is 10.1 Å². The van der Waals surface area contributed by atoms with Crippen molar-refractivity contribution < 1.29 is 14.4 Å². The molecule has 0 aromatic carbocycles. The predicted octanol–water partition coefficient (Wildman–Crippen LogP) is 1.42. The molecule has 1 aliphatic heterocycles. The number of hydrogen-bond donors (Lipinski definition) is 1. The van der Waals surface area contributed by atoms with Crippen LogP contribution >= 0.6 is 11.3 Å². The predicted molar refractivity (Wildman–Crippen MR) is 77.2 cm³/mol. The fraction of sp³-hybridized carbons (Fsp3) is 0.500. The summed E-state index contributed by atoms with van der Waals surface area (Å²) in [5.74, 6) is 0.603. The van der Waals surface area contributed by atoms with Crippen molar-refractivity contribution >= 4 is 17.2 Å². The van der Waals surface area contributed by atoms with E-state index in [1.165, 1.54) is 11.3 Å². The fourth-order valence-electron chi connectivity index (χ4n) is 2.62. The number of thiazole rings is 1. The van der Waals surface area contributed by atoms with Crippen LogP contribution in [-0.2, 0) is 6.42 Å². The molecule has 1 amide bonds. The maximum atomic E-state index is 12.3. The molecule has 7 heteroatoms. The van der Waals surface area contributed by atoms with Gasteiger partial charge in [0.05, 0.1) is 16.8 Å². The maximum absolute atomic E-state index is 12.3. The van der Waals surface area contributed by atoms with Crippen LogP contribution in [-0.4, -0.2) is 45.2 Å². The number of carbonyl (C=O) groups excluding carboxylic acids is 1. The van der Waals surface area contributed by atoms with Crippen LogP contribution in [0.15, 0.2) is 16.0 Å². The number of aryl methyl sites for hydroxylation is 2. The second-order valence-electron chi connectivity index (χ2n) is 5.43. The van der Waals surface area contributed by atoms with Gasteiger partial charge in [-0.05, 0) is 13.8 Å². The number of likely N-dealkylation sites (tertiary alicyclic amines) is 1. The molecule has 1 N–H and O–H groups in total. The van der Waals surface area contributed by atoms with E-state index in [0.717, 1.165) is 16.5 Å². The highest BCUT2D eigenvalue weighted by Gasteiger charge is 2.35. The molecule has 0 bridgehead atoms. The van der Waals surface area contributed by atoms with Crippen molar-refractivity contribution in [2.75, 3.05) is 13.1 Å². The zero-order valence-corrected chi connectivity index (χ0v) is 12.8. The summed E-state index contributed by atoms with van der Waals surface area (Å²) < 4.78 is 5.18. The van der Waals surface area contributed by atoms with Crippen molar-refractivity contribution in [3.63, 3.8) is 0 Å². The third-order valence-electron chi connectivity index (χ3n) is 3.67. The lowest BCUT2D eigenvalue weighted by atomic mass is 10.0. The Kier molecular flexibility index (Phi) is 3.77. The number of rotatable bonds is 3. The van der Waals surface area contributed by atoms with Gasteiger partial charge < -0.3 is 14.5 Å². The van der Waals surface area contributed by atoms with Gasteiger partial charge in [0.15, 0.2) is 0 Å². The van der Waals surface area contributed by atoms with Crippen LogP contribution in [0.25, 0.3) is 0 Å². The van der Waals surface area contributed by atoms with Gasteiger partial charge in [-0.25, -0.2) is 4.98 Å². The molecule has 0 radical (unpaired) electrons.